The highest BCUT2D eigenvalue weighted by atomic mass is 79.9. The number of fused-ring (bicyclic) bond motifs is 1. The molecule has 4 aromatic rings. The number of aryl methyl sites for hydroxylation is 1. The number of nitrogens with one attached hydrogen (secondary N) is 1. The Morgan fingerprint density at radius 1 is 0.919 bits per heavy atom. The smallest absolute Gasteiger partial charge is 0.270 e. The van der Waals surface area contributed by atoms with E-state index in [1.165, 1.54) is 4.90 Å². The summed E-state index contributed by atoms with van der Waals surface area (Å²) >= 11 is 8.82. The molecule has 0 atom stereocenters. The van der Waals surface area contributed by atoms with Gasteiger partial charge in [-0.3, -0.25) is 19.8 Å². The minimum atomic E-state index is -0.545. The maximum absolute atomic E-state index is 13.5. The zero-order valence-corrected chi connectivity index (χ0v) is 22.4. The fourth-order valence-corrected chi connectivity index (χ4v) is 4.84. The Morgan fingerprint density at radius 2 is 1.65 bits per heavy atom. The lowest BCUT2D eigenvalue weighted by Crippen LogP contribution is -2.54. The van der Waals surface area contributed by atoms with Gasteiger partial charge in [0.2, 0.25) is 0 Å². The summed E-state index contributed by atoms with van der Waals surface area (Å²) in [4.78, 5) is 27.6. The molecule has 0 radical (unpaired) electrons. The minimum Gasteiger partial charge on any atom is -0.488 e. The molecule has 1 saturated heterocycles. The Bertz CT molecular complexity index is 1560. The number of thiocarbonyl (C=S) groups is 1. The monoisotopic (exact) mass is 570 g/mol. The predicted octanol–water partition coefficient (Wildman–Crippen LogP) is 6.58. The molecule has 5 nitrogen and oxygen atoms in total. The van der Waals surface area contributed by atoms with Crippen LogP contribution in [0.4, 0.5) is 5.69 Å². The third kappa shape index (κ3) is 5.33. The van der Waals surface area contributed by atoms with Gasteiger partial charge in [-0.1, -0.05) is 71.4 Å². The molecule has 4 aromatic carbocycles. The summed E-state index contributed by atoms with van der Waals surface area (Å²) in [7, 11) is 0. The van der Waals surface area contributed by atoms with E-state index in [1.807, 2.05) is 60.7 Å². The van der Waals surface area contributed by atoms with Crippen molar-refractivity contribution in [2.24, 2.45) is 0 Å². The van der Waals surface area contributed by atoms with Gasteiger partial charge in [0.15, 0.2) is 5.11 Å². The van der Waals surface area contributed by atoms with E-state index in [0.29, 0.717) is 23.6 Å². The van der Waals surface area contributed by atoms with Crippen LogP contribution in [0.25, 0.3) is 16.8 Å². The van der Waals surface area contributed by atoms with Crippen molar-refractivity contribution >= 4 is 67.6 Å². The summed E-state index contributed by atoms with van der Waals surface area (Å²) in [6.07, 6.45) is 2.43. The Balaban J connectivity index is 1.44. The Morgan fingerprint density at radius 3 is 2.41 bits per heavy atom. The van der Waals surface area contributed by atoms with E-state index >= 15 is 0 Å². The summed E-state index contributed by atoms with van der Waals surface area (Å²) in [6, 6.07) is 27.4. The summed E-state index contributed by atoms with van der Waals surface area (Å²) < 4.78 is 6.94. The van der Waals surface area contributed by atoms with Crippen LogP contribution in [-0.2, 0) is 22.6 Å². The molecule has 0 unspecified atom stereocenters. The van der Waals surface area contributed by atoms with Crippen LogP contribution >= 0.6 is 28.1 Å². The van der Waals surface area contributed by atoms with Gasteiger partial charge in [-0.15, -0.1) is 0 Å². The van der Waals surface area contributed by atoms with Crippen LogP contribution in [0.3, 0.4) is 0 Å². The molecular formula is C30H23BrN2O3S. The van der Waals surface area contributed by atoms with Gasteiger partial charge in [0.25, 0.3) is 11.8 Å². The number of ether oxygens (including phenoxy) is 1. The molecule has 7 heteroatoms. The van der Waals surface area contributed by atoms with Crippen LogP contribution in [0.5, 0.6) is 5.75 Å². The lowest BCUT2D eigenvalue weighted by atomic mass is 10.1. The van der Waals surface area contributed by atoms with E-state index in [-0.39, 0.29) is 10.7 Å². The highest BCUT2D eigenvalue weighted by Crippen LogP contribution is 2.29. The molecule has 0 saturated carbocycles. The fraction of sp³-hybridized carbons (Fsp3) is 0.100. The largest absolute Gasteiger partial charge is 0.488 e. The zero-order chi connectivity index (χ0) is 25.9. The molecule has 1 heterocycles. The molecular weight excluding hydrogens is 548 g/mol. The van der Waals surface area contributed by atoms with Crippen molar-refractivity contribution in [2.75, 3.05) is 4.90 Å². The zero-order valence-electron chi connectivity index (χ0n) is 20.0. The van der Waals surface area contributed by atoms with E-state index in [9.17, 15) is 9.59 Å². The molecule has 1 aliphatic rings. The number of carbonyl (C=O) groups excluding carboxylic acids is 2. The van der Waals surface area contributed by atoms with Crippen LogP contribution in [0, 0.1) is 0 Å². The number of carbonyl (C=O) groups is 2. The van der Waals surface area contributed by atoms with Crippen LogP contribution in [0.1, 0.15) is 23.6 Å². The predicted molar refractivity (Wildman–Crippen MR) is 154 cm³/mol. The average molecular weight is 571 g/mol. The SMILES string of the molecule is CCc1ccc(N2C(=O)/C(=C/c3cc(Br)ccc3OCc3ccc4ccccc4c3)C(=O)NC2=S)cc1. The van der Waals surface area contributed by atoms with Gasteiger partial charge in [-0.2, -0.15) is 0 Å². The number of anilines is 1. The van der Waals surface area contributed by atoms with Crippen molar-refractivity contribution in [1.82, 2.24) is 5.32 Å². The van der Waals surface area contributed by atoms with Crippen molar-refractivity contribution in [3.05, 3.63) is 112 Å². The van der Waals surface area contributed by atoms with Crippen LogP contribution < -0.4 is 15.0 Å². The second-order valence-electron chi connectivity index (χ2n) is 8.63. The first-order valence-corrected chi connectivity index (χ1v) is 13.0. The standard InChI is InChI=1S/C30H23BrN2O3S/c1-2-19-8-12-25(13-9-19)33-29(35)26(28(34)32-30(33)37)17-23-16-24(31)11-14-27(23)36-18-20-7-10-21-5-3-4-6-22(21)15-20/h3-17H,2,18H2,1H3,(H,32,34,37)/b26-17+. The Kier molecular flexibility index (Phi) is 7.17. The molecule has 5 rings (SSSR count). The first kappa shape index (κ1) is 24.9. The number of halogens is 1. The molecule has 0 aromatic heterocycles. The number of rotatable bonds is 6. The number of amides is 2. The second kappa shape index (κ2) is 10.7. The van der Waals surface area contributed by atoms with Crippen LogP contribution in [0.15, 0.2) is 95.0 Å². The van der Waals surface area contributed by atoms with Crippen molar-refractivity contribution in [1.29, 1.82) is 0 Å². The lowest BCUT2D eigenvalue weighted by molar-refractivity contribution is -0.122. The highest BCUT2D eigenvalue weighted by molar-refractivity contribution is 9.10. The van der Waals surface area contributed by atoms with Crippen LogP contribution in [-0.4, -0.2) is 16.9 Å². The molecule has 0 aliphatic carbocycles. The maximum atomic E-state index is 13.5. The van der Waals surface area contributed by atoms with Crippen molar-refractivity contribution in [3.8, 4) is 5.75 Å². The van der Waals surface area contributed by atoms with Crippen molar-refractivity contribution in [3.63, 3.8) is 0 Å². The molecule has 1 fully saturated rings. The van der Waals surface area contributed by atoms with Gasteiger partial charge in [0.1, 0.15) is 17.9 Å². The molecule has 37 heavy (non-hydrogen) atoms. The summed E-state index contributed by atoms with van der Waals surface area (Å²) in [6.45, 7) is 2.40. The number of hydrogen-bond acceptors (Lipinski definition) is 4. The van der Waals surface area contributed by atoms with Gasteiger partial charge in [-0.05, 0) is 83.0 Å². The summed E-state index contributed by atoms with van der Waals surface area (Å²) in [5.74, 6) is -0.480. The third-order valence-corrected chi connectivity index (χ3v) is 6.96. The topological polar surface area (TPSA) is 58.6 Å². The summed E-state index contributed by atoms with van der Waals surface area (Å²) in [5, 5.41) is 4.99. The van der Waals surface area contributed by atoms with E-state index in [0.717, 1.165) is 32.8 Å². The molecule has 184 valence electrons. The van der Waals surface area contributed by atoms with Gasteiger partial charge in [0, 0.05) is 10.0 Å². The van der Waals surface area contributed by atoms with Gasteiger partial charge < -0.3 is 4.74 Å². The minimum absolute atomic E-state index is 0.0261. The summed E-state index contributed by atoms with van der Waals surface area (Å²) in [5.41, 5.74) is 3.32. The highest BCUT2D eigenvalue weighted by Gasteiger charge is 2.34. The quantitative estimate of drug-likeness (QED) is 0.162. The second-order valence-corrected chi connectivity index (χ2v) is 9.93. The first-order valence-electron chi connectivity index (χ1n) is 11.8. The number of benzene rings is 4. The van der Waals surface area contributed by atoms with Crippen LogP contribution in [0.2, 0.25) is 0 Å². The van der Waals surface area contributed by atoms with Gasteiger partial charge in [-0.25, -0.2) is 0 Å². The van der Waals surface area contributed by atoms with Gasteiger partial charge in [0.05, 0.1) is 5.69 Å². The Labute approximate surface area is 228 Å². The maximum Gasteiger partial charge on any atom is 0.270 e. The van der Waals surface area contributed by atoms with E-state index in [2.05, 4.69) is 52.4 Å². The normalized spacial score (nSPS) is 14.8. The molecule has 1 N–H and O–H groups in total. The fourth-order valence-electron chi connectivity index (χ4n) is 4.18. The van der Waals surface area contributed by atoms with E-state index < -0.39 is 11.8 Å². The number of nitrogens with zero attached hydrogens (tertiary/aromatic N) is 1. The van der Waals surface area contributed by atoms with Gasteiger partial charge >= 0.3 is 0 Å². The Hall–Kier alpha value is -3.81. The number of hydrogen-bond donors (Lipinski definition) is 1. The van der Waals surface area contributed by atoms with E-state index in [1.54, 1.807) is 6.08 Å². The molecule has 0 spiro atoms. The van der Waals surface area contributed by atoms with E-state index in [4.69, 9.17) is 17.0 Å². The van der Waals surface area contributed by atoms with Crippen molar-refractivity contribution < 1.29 is 14.3 Å². The average Bonchev–Trinajstić information content (AvgIpc) is 2.90. The van der Waals surface area contributed by atoms with Crippen molar-refractivity contribution in [2.45, 2.75) is 20.0 Å². The molecule has 1 aliphatic heterocycles. The third-order valence-electron chi connectivity index (χ3n) is 6.18. The lowest BCUT2D eigenvalue weighted by Gasteiger charge is -2.29. The first-order chi connectivity index (χ1) is 17.9. The molecule has 2 amide bonds. The molecule has 0 bridgehead atoms.